The van der Waals surface area contributed by atoms with Crippen LogP contribution in [0, 0.1) is 0 Å². The van der Waals surface area contributed by atoms with Crippen LogP contribution in [-0.2, 0) is 17.8 Å². The van der Waals surface area contributed by atoms with Crippen LogP contribution in [-0.4, -0.2) is 63.3 Å². The molecule has 0 unspecified atom stereocenters. The van der Waals surface area contributed by atoms with Crippen molar-refractivity contribution in [2.75, 3.05) is 26.2 Å². The second-order valence-corrected chi connectivity index (χ2v) is 6.44. The van der Waals surface area contributed by atoms with E-state index in [9.17, 15) is 14.7 Å². The SMILES string of the molecule is O=C(O)Cc1ccc([N+]2(Cc3ccccn3)CCN(C(=O)O)CC2)nc1. The highest BCUT2D eigenvalue weighted by Crippen LogP contribution is 2.26. The van der Waals surface area contributed by atoms with Gasteiger partial charge in [-0.2, -0.15) is 0 Å². The van der Waals surface area contributed by atoms with Crippen LogP contribution >= 0.6 is 0 Å². The molecule has 1 saturated heterocycles. The number of piperazine rings is 1. The number of pyridine rings is 2. The first-order valence-corrected chi connectivity index (χ1v) is 8.40. The number of aromatic nitrogens is 2. The number of carboxylic acids is 1. The van der Waals surface area contributed by atoms with Gasteiger partial charge in [-0.3, -0.25) is 19.2 Å². The van der Waals surface area contributed by atoms with Gasteiger partial charge < -0.3 is 10.2 Å². The number of carbonyl (C=O) groups is 2. The fraction of sp³-hybridized carbons (Fsp3) is 0.333. The van der Waals surface area contributed by atoms with Crippen LogP contribution in [0.5, 0.6) is 0 Å². The molecular weight excluding hydrogens is 336 g/mol. The molecular formula is C18H21N4O4+. The predicted octanol–water partition coefficient (Wildman–Crippen LogP) is 1.60. The lowest BCUT2D eigenvalue weighted by atomic mass is 10.1. The molecule has 2 N–H and O–H groups in total. The van der Waals surface area contributed by atoms with E-state index in [0.717, 1.165) is 11.5 Å². The number of hydrogen-bond donors (Lipinski definition) is 2. The molecule has 0 atom stereocenters. The van der Waals surface area contributed by atoms with E-state index < -0.39 is 12.1 Å². The first-order valence-electron chi connectivity index (χ1n) is 8.40. The second-order valence-electron chi connectivity index (χ2n) is 6.44. The third-order valence-corrected chi connectivity index (χ3v) is 4.71. The number of rotatable bonds is 5. The minimum Gasteiger partial charge on any atom is -0.481 e. The summed E-state index contributed by atoms with van der Waals surface area (Å²) in [6.07, 6.45) is 2.35. The standard InChI is InChI=1S/C18H20N4O4/c23-17(24)11-14-4-5-16(20-12-14)22(13-15-3-1-2-6-19-15)9-7-21(8-10-22)18(25)26/h1-6,12H,7-11,13H2,(H-,23,24,25,26)/p+1. The first-order chi connectivity index (χ1) is 12.5. The number of aliphatic carboxylic acids is 1. The third kappa shape index (κ3) is 3.97. The van der Waals surface area contributed by atoms with E-state index in [1.165, 1.54) is 4.90 Å². The van der Waals surface area contributed by atoms with Crippen LogP contribution in [0.25, 0.3) is 0 Å². The molecule has 1 aliphatic heterocycles. The highest BCUT2D eigenvalue weighted by atomic mass is 16.4. The van der Waals surface area contributed by atoms with E-state index in [-0.39, 0.29) is 6.42 Å². The summed E-state index contributed by atoms with van der Waals surface area (Å²) in [5.74, 6) is -0.0955. The Labute approximate surface area is 150 Å². The summed E-state index contributed by atoms with van der Waals surface area (Å²) < 4.78 is 0.494. The van der Waals surface area contributed by atoms with E-state index in [1.54, 1.807) is 18.5 Å². The molecule has 0 saturated carbocycles. The van der Waals surface area contributed by atoms with Crippen molar-refractivity contribution in [2.24, 2.45) is 0 Å². The zero-order chi connectivity index (χ0) is 18.6. The summed E-state index contributed by atoms with van der Waals surface area (Å²) in [6, 6.07) is 9.35. The lowest BCUT2D eigenvalue weighted by molar-refractivity contribution is -0.136. The van der Waals surface area contributed by atoms with Gasteiger partial charge in [-0.1, -0.05) is 6.07 Å². The molecule has 1 amide bonds. The monoisotopic (exact) mass is 357 g/mol. The molecule has 0 radical (unpaired) electrons. The summed E-state index contributed by atoms with van der Waals surface area (Å²) in [6.45, 7) is 2.63. The van der Waals surface area contributed by atoms with Crippen LogP contribution in [0.15, 0.2) is 42.7 Å². The van der Waals surface area contributed by atoms with E-state index >= 15 is 0 Å². The lowest BCUT2D eigenvalue weighted by Gasteiger charge is -2.42. The van der Waals surface area contributed by atoms with Gasteiger partial charge in [0.25, 0.3) is 0 Å². The minimum absolute atomic E-state index is 0.0691. The van der Waals surface area contributed by atoms with Crippen molar-refractivity contribution < 1.29 is 19.8 Å². The highest BCUT2D eigenvalue weighted by molar-refractivity contribution is 5.70. The molecule has 1 aliphatic rings. The van der Waals surface area contributed by atoms with Crippen LogP contribution in [0.1, 0.15) is 11.3 Å². The van der Waals surface area contributed by atoms with E-state index in [4.69, 9.17) is 5.11 Å². The topological polar surface area (TPSA) is 104 Å². The molecule has 0 bridgehead atoms. The molecule has 3 heterocycles. The molecule has 0 aromatic carbocycles. The molecule has 1 fully saturated rings. The van der Waals surface area contributed by atoms with Crippen molar-refractivity contribution in [2.45, 2.75) is 13.0 Å². The van der Waals surface area contributed by atoms with Crippen LogP contribution < -0.4 is 4.48 Å². The van der Waals surface area contributed by atoms with Gasteiger partial charge in [0, 0.05) is 18.5 Å². The van der Waals surface area contributed by atoms with Crippen molar-refractivity contribution >= 4 is 17.9 Å². The summed E-state index contributed by atoms with van der Waals surface area (Å²) in [4.78, 5) is 32.4. The van der Waals surface area contributed by atoms with Gasteiger partial charge in [0.2, 0.25) is 5.82 Å². The molecule has 3 rings (SSSR count). The van der Waals surface area contributed by atoms with Crippen LogP contribution in [0.3, 0.4) is 0 Å². The Balaban J connectivity index is 1.88. The van der Waals surface area contributed by atoms with Crippen molar-refractivity contribution in [1.82, 2.24) is 19.4 Å². The zero-order valence-corrected chi connectivity index (χ0v) is 14.3. The Morgan fingerprint density at radius 2 is 1.85 bits per heavy atom. The normalized spacial score (nSPS) is 16.2. The van der Waals surface area contributed by atoms with Gasteiger partial charge in [0.05, 0.1) is 25.2 Å². The van der Waals surface area contributed by atoms with Gasteiger partial charge in [0.1, 0.15) is 19.6 Å². The Bertz CT molecular complexity index is 772. The molecule has 2 aromatic heterocycles. The number of amides is 1. The molecule has 0 aliphatic carbocycles. The Morgan fingerprint density at radius 3 is 2.38 bits per heavy atom. The van der Waals surface area contributed by atoms with E-state index in [2.05, 4.69) is 9.97 Å². The first kappa shape index (κ1) is 17.8. The van der Waals surface area contributed by atoms with Gasteiger partial charge in [-0.05, 0) is 23.8 Å². The fourth-order valence-electron chi connectivity index (χ4n) is 3.29. The number of hydrogen-bond acceptors (Lipinski definition) is 4. The molecule has 136 valence electrons. The minimum atomic E-state index is -0.912. The predicted molar refractivity (Wildman–Crippen MR) is 94.6 cm³/mol. The second kappa shape index (κ2) is 7.49. The van der Waals surface area contributed by atoms with Crippen molar-refractivity contribution in [3.63, 3.8) is 0 Å². The maximum atomic E-state index is 11.2. The Morgan fingerprint density at radius 1 is 1.08 bits per heavy atom. The highest BCUT2D eigenvalue weighted by Gasteiger charge is 2.38. The van der Waals surface area contributed by atoms with Crippen molar-refractivity contribution in [3.8, 4) is 0 Å². The van der Waals surface area contributed by atoms with E-state index in [0.29, 0.717) is 42.8 Å². The fourth-order valence-corrected chi connectivity index (χ4v) is 3.29. The summed E-state index contributed by atoms with van der Waals surface area (Å²) in [5, 5.41) is 18.1. The van der Waals surface area contributed by atoms with Gasteiger partial charge in [-0.25, -0.2) is 9.78 Å². The van der Waals surface area contributed by atoms with Crippen LogP contribution in [0.4, 0.5) is 10.6 Å². The Kier molecular flexibility index (Phi) is 5.13. The maximum Gasteiger partial charge on any atom is 0.407 e. The zero-order valence-electron chi connectivity index (χ0n) is 14.3. The number of carboxylic acid groups (broad SMARTS) is 2. The molecule has 2 aromatic rings. The number of nitrogens with zero attached hydrogens (tertiary/aromatic N) is 4. The quantitative estimate of drug-likeness (QED) is 0.788. The largest absolute Gasteiger partial charge is 0.481 e. The average Bonchev–Trinajstić information content (AvgIpc) is 2.63. The summed E-state index contributed by atoms with van der Waals surface area (Å²) >= 11 is 0. The number of quaternary nitrogens is 1. The van der Waals surface area contributed by atoms with Crippen molar-refractivity contribution in [1.29, 1.82) is 0 Å². The van der Waals surface area contributed by atoms with Gasteiger partial charge >= 0.3 is 12.1 Å². The van der Waals surface area contributed by atoms with Gasteiger partial charge in [-0.15, -0.1) is 0 Å². The summed E-state index contributed by atoms with van der Waals surface area (Å²) in [5.41, 5.74) is 1.55. The van der Waals surface area contributed by atoms with Crippen molar-refractivity contribution in [3.05, 3.63) is 54.0 Å². The van der Waals surface area contributed by atoms with E-state index in [1.807, 2.05) is 24.3 Å². The maximum absolute atomic E-state index is 11.2. The molecule has 0 spiro atoms. The Hall–Kier alpha value is -3.00. The third-order valence-electron chi connectivity index (χ3n) is 4.71. The molecule has 8 heteroatoms. The average molecular weight is 357 g/mol. The molecule has 8 nitrogen and oxygen atoms in total. The lowest BCUT2D eigenvalue weighted by Crippen LogP contribution is -2.61. The molecule has 26 heavy (non-hydrogen) atoms. The van der Waals surface area contributed by atoms with Crippen LogP contribution in [0.2, 0.25) is 0 Å². The van der Waals surface area contributed by atoms with Gasteiger partial charge in [0.15, 0.2) is 0 Å². The summed E-state index contributed by atoms with van der Waals surface area (Å²) in [7, 11) is 0. The smallest absolute Gasteiger partial charge is 0.407 e.